The lowest BCUT2D eigenvalue weighted by Gasteiger charge is -2.16. The van der Waals surface area contributed by atoms with E-state index in [-0.39, 0.29) is 15.5 Å². The second-order valence-electron chi connectivity index (χ2n) is 5.30. The topological polar surface area (TPSA) is 37.4 Å². The van der Waals surface area contributed by atoms with E-state index in [1.807, 2.05) is 6.92 Å². The number of hydrogen-bond acceptors (Lipinski definition) is 3. The Hall–Kier alpha value is -1.89. The molecule has 3 nitrogen and oxygen atoms in total. The Labute approximate surface area is 162 Å². The maximum absolute atomic E-state index is 14.2. The minimum Gasteiger partial charge on any atom is -0.268 e. The molecule has 2 amide bonds. The first-order valence-corrected chi connectivity index (χ1v) is 9.25. The van der Waals surface area contributed by atoms with Crippen molar-refractivity contribution >= 4 is 58.0 Å². The Morgan fingerprint density at radius 1 is 1.04 bits per heavy atom. The highest BCUT2D eigenvalue weighted by atomic mass is 35.5. The zero-order valence-electron chi connectivity index (χ0n) is 13.4. The Balaban J connectivity index is 2.17. The number of imide groups is 1. The van der Waals surface area contributed by atoms with Gasteiger partial charge in [0, 0.05) is 16.7 Å². The molecule has 3 rings (SSSR count). The number of nitrogens with zero attached hydrogens (tertiary/aromatic N) is 1. The molecule has 0 aromatic heterocycles. The molecular weight excluding hydrogens is 403 g/mol. The van der Waals surface area contributed by atoms with Gasteiger partial charge in [-0.1, -0.05) is 36.2 Å². The largest absolute Gasteiger partial charge is 0.272 e. The number of hydrogen-bond donors (Lipinski definition) is 0. The normalized spacial score (nSPS) is 14.6. The molecule has 1 heterocycles. The summed E-state index contributed by atoms with van der Waals surface area (Å²) in [7, 11) is 0. The molecule has 0 N–H and O–H groups in total. The number of rotatable bonds is 4. The van der Waals surface area contributed by atoms with E-state index in [0.29, 0.717) is 21.2 Å². The van der Waals surface area contributed by atoms with E-state index in [1.165, 1.54) is 18.2 Å². The maximum Gasteiger partial charge on any atom is 0.272 e. The molecule has 2 aromatic rings. The standard InChI is InChI=1S/C18H11Cl2F2NO2S/c1-2-26-16-15(11-5-3-9(19)7-12(11)20)17(24)23(18(16)25)14-8-10(21)4-6-13(14)22/h3-8H,2H2,1H3. The fourth-order valence-electron chi connectivity index (χ4n) is 2.59. The predicted octanol–water partition coefficient (Wildman–Crippen LogP) is 5.31. The third kappa shape index (κ3) is 3.24. The molecule has 0 unspecified atom stereocenters. The van der Waals surface area contributed by atoms with E-state index >= 15 is 0 Å². The fourth-order valence-corrected chi connectivity index (χ4v) is 3.94. The zero-order chi connectivity index (χ0) is 19.0. The van der Waals surface area contributed by atoms with Crippen LogP contribution in [0.2, 0.25) is 10.0 Å². The van der Waals surface area contributed by atoms with E-state index in [1.54, 1.807) is 0 Å². The van der Waals surface area contributed by atoms with Crippen LogP contribution in [0.1, 0.15) is 12.5 Å². The predicted molar refractivity (Wildman–Crippen MR) is 100 cm³/mol. The minimum atomic E-state index is -0.877. The lowest BCUT2D eigenvalue weighted by Crippen LogP contribution is -2.32. The van der Waals surface area contributed by atoms with Crippen molar-refractivity contribution in [1.29, 1.82) is 0 Å². The Morgan fingerprint density at radius 3 is 2.42 bits per heavy atom. The van der Waals surface area contributed by atoms with Crippen LogP contribution >= 0.6 is 35.0 Å². The summed E-state index contributed by atoms with van der Waals surface area (Å²) in [5, 5.41) is 0.554. The summed E-state index contributed by atoms with van der Waals surface area (Å²) in [6.45, 7) is 1.81. The van der Waals surface area contributed by atoms with Gasteiger partial charge in [0.2, 0.25) is 0 Å². The molecule has 0 aliphatic carbocycles. The smallest absolute Gasteiger partial charge is 0.268 e. The lowest BCUT2D eigenvalue weighted by molar-refractivity contribution is -0.119. The fraction of sp³-hybridized carbons (Fsp3) is 0.111. The highest BCUT2D eigenvalue weighted by Gasteiger charge is 2.41. The zero-order valence-corrected chi connectivity index (χ0v) is 15.7. The molecule has 0 radical (unpaired) electrons. The van der Waals surface area contributed by atoms with Crippen LogP contribution < -0.4 is 4.90 Å². The van der Waals surface area contributed by atoms with Crippen molar-refractivity contribution in [2.45, 2.75) is 6.92 Å². The van der Waals surface area contributed by atoms with Gasteiger partial charge in [-0.2, -0.15) is 0 Å². The van der Waals surface area contributed by atoms with E-state index in [0.717, 1.165) is 30.0 Å². The van der Waals surface area contributed by atoms with Crippen molar-refractivity contribution in [3.05, 3.63) is 68.5 Å². The van der Waals surface area contributed by atoms with Crippen molar-refractivity contribution in [2.75, 3.05) is 10.7 Å². The molecule has 0 saturated heterocycles. The van der Waals surface area contributed by atoms with Crippen LogP contribution in [0.15, 0.2) is 41.3 Å². The van der Waals surface area contributed by atoms with Crippen molar-refractivity contribution in [3.8, 4) is 0 Å². The van der Waals surface area contributed by atoms with E-state index in [4.69, 9.17) is 23.2 Å². The number of carbonyl (C=O) groups excluding carboxylic acids is 2. The molecular formula is C18H11Cl2F2NO2S. The van der Waals surface area contributed by atoms with Gasteiger partial charge in [0.1, 0.15) is 11.6 Å². The maximum atomic E-state index is 14.2. The van der Waals surface area contributed by atoms with Gasteiger partial charge in [0.15, 0.2) is 0 Å². The molecule has 0 spiro atoms. The van der Waals surface area contributed by atoms with Crippen LogP contribution in [0.5, 0.6) is 0 Å². The number of anilines is 1. The highest BCUT2D eigenvalue weighted by molar-refractivity contribution is 8.04. The molecule has 0 saturated carbocycles. The van der Waals surface area contributed by atoms with E-state index in [9.17, 15) is 18.4 Å². The van der Waals surface area contributed by atoms with Crippen LogP contribution in [0.3, 0.4) is 0 Å². The highest BCUT2D eigenvalue weighted by Crippen LogP contribution is 2.41. The molecule has 1 aliphatic heterocycles. The first-order valence-electron chi connectivity index (χ1n) is 7.51. The molecule has 0 atom stereocenters. The Bertz CT molecular complexity index is 962. The molecule has 134 valence electrons. The summed E-state index contributed by atoms with van der Waals surface area (Å²) in [6.07, 6.45) is 0. The van der Waals surface area contributed by atoms with Crippen LogP contribution in [-0.2, 0) is 9.59 Å². The number of benzene rings is 2. The second-order valence-corrected chi connectivity index (χ2v) is 7.42. The van der Waals surface area contributed by atoms with Crippen molar-refractivity contribution in [3.63, 3.8) is 0 Å². The van der Waals surface area contributed by atoms with E-state index < -0.39 is 29.1 Å². The average Bonchev–Trinajstić information content (AvgIpc) is 2.82. The first kappa shape index (κ1) is 18.9. The number of amides is 2. The average molecular weight is 414 g/mol. The van der Waals surface area contributed by atoms with Crippen LogP contribution in [0, 0.1) is 11.6 Å². The minimum absolute atomic E-state index is 0.0483. The van der Waals surface area contributed by atoms with Gasteiger partial charge >= 0.3 is 0 Å². The summed E-state index contributed by atoms with van der Waals surface area (Å²) >= 11 is 13.2. The van der Waals surface area contributed by atoms with Gasteiger partial charge < -0.3 is 0 Å². The first-order chi connectivity index (χ1) is 12.3. The van der Waals surface area contributed by atoms with Crippen molar-refractivity contribution < 1.29 is 18.4 Å². The Morgan fingerprint density at radius 2 is 1.77 bits per heavy atom. The van der Waals surface area contributed by atoms with E-state index in [2.05, 4.69) is 0 Å². The van der Waals surface area contributed by atoms with Crippen LogP contribution in [-0.4, -0.2) is 17.6 Å². The van der Waals surface area contributed by atoms with Gasteiger partial charge in [0.05, 0.1) is 21.2 Å². The number of carbonyl (C=O) groups is 2. The monoisotopic (exact) mass is 413 g/mol. The molecule has 1 aliphatic rings. The van der Waals surface area contributed by atoms with Crippen LogP contribution in [0.25, 0.3) is 5.57 Å². The number of halogens is 4. The molecule has 0 bridgehead atoms. The van der Waals surface area contributed by atoms with Gasteiger partial charge in [0.25, 0.3) is 11.8 Å². The summed E-state index contributed by atoms with van der Waals surface area (Å²) in [5.41, 5.74) is -0.0776. The van der Waals surface area contributed by atoms with Gasteiger partial charge in [-0.15, -0.1) is 11.8 Å². The number of thioether (sulfide) groups is 1. The summed E-state index contributed by atoms with van der Waals surface area (Å²) in [5.74, 6) is -2.61. The summed E-state index contributed by atoms with van der Waals surface area (Å²) in [4.78, 5) is 26.5. The second kappa shape index (κ2) is 7.39. The van der Waals surface area contributed by atoms with Crippen molar-refractivity contribution in [2.24, 2.45) is 0 Å². The van der Waals surface area contributed by atoms with Crippen molar-refractivity contribution in [1.82, 2.24) is 0 Å². The van der Waals surface area contributed by atoms with Gasteiger partial charge in [-0.3, -0.25) is 9.59 Å². The summed E-state index contributed by atoms with van der Waals surface area (Å²) < 4.78 is 27.7. The van der Waals surface area contributed by atoms with Gasteiger partial charge in [-0.05, 0) is 30.0 Å². The van der Waals surface area contributed by atoms with Crippen LogP contribution in [0.4, 0.5) is 14.5 Å². The molecule has 2 aromatic carbocycles. The third-order valence-corrected chi connectivity index (χ3v) is 5.18. The SMILES string of the molecule is CCSC1=C(c2ccc(Cl)cc2Cl)C(=O)N(c2cc(F)ccc2F)C1=O. The lowest BCUT2D eigenvalue weighted by atomic mass is 10.1. The quantitative estimate of drug-likeness (QED) is 0.637. The summed E-state index contributed by atoms with van der Waals surface area (Å²) in [6, 6.07) is 7.09. The molecule has 0 fully saturated rings. The third-order valence-electron chi connectivity index (χ3n) is 3.68. The Kier molecular flexibility index (Phi) is 5.37. The molecule has 8 heteroatoms. The van der Waals surface area contributed by atoms with Gasteiger partial charge in [-0.25, -0.2) is 13.7 Å². The molecule has 26 heavy (non-hydrogen) atoms.